The van der Waals surface area contributed by atoms with E-state index in [-0.39, 0.29) is 0 Å². The molecule has 0 saturated heterocycles. The summed E-state index contributed by atoms with van der Waals surface area (Å²) >= 11 is 0. The summed E-state index contributed by atoms with van der Waals surface area (Å²) in [5.74, 6) is -1.68. The molecule has 5 nitrogen and oxygen atoms in total. The standard InChI is InChI=1S/C6H8O5/c7-2-1-3(8)5(10)6(11)4(2)9/h1-2,4,6-9,11H. The van der Waals surface area contributed by atoms with Crippen molar-refractivity contribution in [2.75, 3.05) is 0 Å². The van der Waals surface area contributed by atoms with E-state index in [9.17, 15) is 4.79 Å². The molecule has 0 saturated carbocycles. The lowest BCUT2D eigenvalue weighted by molar-refractivity contribution is -0.138. The van der Waals surface area contributed by atoms with Gasteiger partial charge in [0.1, 0.15) is 18.3 Å². The van der Waals surface area contributed by atoms with Crippen LogP contribution in [0.25, 0.3) is 0 Å². The van der Waals surface area contributed by atoms with Gasteiger partial charge in [0.05, 0.1) is 0 Å². The Morgan fingerprint density at radius 1 is 1.27 bits per heavy atom. The van der Waals surface area contributed by atoms with Gasteiger partial charge in [-0.05, 0) is 6.08 Å². The van der Waals surface area contributed by atoms with E-state index in [0.29, 0.717) is 0 Å². The summed E-state index contributed by atoms with van der Waals surface area (Å²) in [6.45, 7) is 0. The van der Waals surface area contributed by atoms with Crippen molar-refractivity contribution in [1.29, 1.82) is 0 Å². The first-order valence-electron chi connectivity index (χ1n) is 3.03. The second kappa shape index (κ2) is 2.61. The SMILES string of the molecule is O=C1C(O)=CC(O)C(O)C1O. The third kappa shape index (κ3) is 1.25. The molecule has 3 unspecified atom stereocenters. The van der Waals surface area contributed by atoms with Crippen LogP contribution < -0.4 is 0 Å². The molecule has 4 N–H and O–H groups in total. The molecule has 1 aliphatic rings. The van der Waals surface area contributed by atoms with Gasteiger partial charge in [0, 0.05) is 0 Å². The highest BCUT2D eigenvalue weighted by atomic mass is 16.4. The minimum atomic E-state index is -1.73. The van der Waals surface area contributed by atoms with Crippen LogP contribution in [0.4, 0.5) is 0 Å². The van der Waals surface area contributed by atoms with Crippen LogP contribution in [0.2, 0.25) is 0 Å². The zero-order valence-electron chi connectivity index (χ0n) is 5.51. The van der Waals surface area contributed by atoms with Gasteiger partial charge in [-0.3, -0.25) is 4.79 Å². The first-order chi connectivity index (χ1) is 5.04. The van der Waals surface area contributed by atoms with Crippen molar-refractivity contribution < 1.29 is 25.2 Å². The molecule has 0 aromatic rings. The van der Waals surface area contributed by atoms with E-state index in [1.807, 2.05) is 0 Å². The molecule has 0 aliphatic heterocycles. The fraction of sp³-hybridized carbons (Fsp3) is 0.500. The van der Waals surface area contributed by atoms with Gasteiger partial charge in [0.2, 0.25) is 5.78 Å². The number of aliphatic hydroxyl groups excluding tert-OH is 4. The van der Waals surface area contributed by atoms with Crippen molar-refractivity contribution >= 4 is 5.78 Å². The molecule has 0 fully saturated rings. The fourth-order valence-electron chi connectivity index (χ4n) is 0.836. The molecule has 1 aliphatic carbocycles. The predicted octanol–water partition coefficient (Wildman–Crippen LogP) is -1.91. The number of rotatable bonds is 0. The second-order valence-corrected chi connectivity index (χ2v) is 2.34. The summed E-state index contributed by atoms with van der Waals surface area (Å²) in [5, 5.41) is 35.2. The van der Waals surface area contributed by atoms with Gasteiger partial charge >= 0.3 is 0 Å². The third-order valence-electron chi connectivity index (χ3n) is 1.52. The summed E-state index contributed by atoms with van der Waals surface area (Å²) in [6.07, 6.45) is -3.87. The molecular weight excluding hydrogens is 152 g/mol. The molecule has 1 rings (SSSR count). The molecule has 0 heterocycles. The van der Waals surface area contributed by atoms with Crippen molar-refractivity contribution in [3.05, 3.63) is 11.8 Å². The topological polar surface area (TPSA) is 98.0 Å². The summed E-state index contributed by atoms with van der Waals surface area (Å²) in [7, 11) is 0. The molecule has 3 atom stereocenters. The Bertz CT molecular complexity index is 209. The van der Waals surface area contributed by atoms with E-state index >= 15 is 0 Å². The van der Waals surface area contributed by atoms with E-state index in [1.54, 1.807) is 0 Å². The average molecular weight is 160 g/mol. The number of Topliss-reactive ketones (excluding diaryl/α,β-unsaturated/α-hetero) is 1. The first kappa shape index (κ1) is 8.19. The Morgan fingerprint density at radius 2 is 1.82 bits per heavy atom. The normalized spacial score (nSPS) is 38.6. The number of carbonyl (C=O) groups is 1. The van der Waals surface area contributed by atoms with Crippen molar-refractivity contribution in [1.82, 2.24) is 0 Å². The molecule has 62 valence electrons. The van der Waals surface area contributed by atoms with Crippen LogP contribution in [0, 0.1) is 0 Å². The largest absolute Gasteiger partial charge is 0.504 e. The van der Waals surface area contributed by atoms with Crippen molar-refractivity contribution in [2.24, 2.45) is 0 Å². The highest BCUT2D eigenvalue weighted by Crippen LogP contribution is 2.13. The van der Waals surface area contributed by atoms with Crippen LogP contribution in [0.1, 0.15) is 0 Å². The van der Waals surface area contributed by atoms with Crippen LogP contribution in [0.3, 0.4) is 0 Å². The Labute approximate surface area is 62.2 Å². The number of aliphatic hydroxyl groups is 4. The minimum absolute atomic E-state index is 0.713. The Kier molecular flexibility index (Phi) is 1.95. The third-order valence-corrected chi connectivity index (χ3v) is 1.52. The smallest absolute Gasteiger partial charge is 0.227 e. The quantitative estimate of drug-likeness (QED) is 0.331. The van der Waals surface area contributed by atoms with Crippen molar-refractivity contribution in [2.45, 2.75) is 18.3 Å². The maximum atomic E-state index is 10.6. The van der Waals surface area contributed by atoms with Gasteiger partial charge in [-0.1, -0.05) is 0 Å². The molecule has 0 spiro atoms. The summed E-state index contributed by atoms with van der Waals surface area (Å²) in [6, 6.07) is 0. The van der Waals surface area contributed by atoms with Gasteiger partial charge < -0.3 is 20.4 Å². The van der Waals surface area contributed by atoms with Gasteiger partial charge in [-0.15, -0.1) is 0 Å². The maximum absolute atomic E-state index is 10.6. The van der Waals surface area contributed by atoms with E-state index in [1.165, 1.54) is 0 Å². The highest BCUT2D eigenvalue weighted by molar-refractivity contribution is 5.98. The maximum Gasteiger partial charge on any atom is 0.227 e. The Morgan fingerprint density at radius 3 is 2.36 bits per heavy atom. The lowest BCUT2D eigenvalue weighted by Crippen LogP contribution is -2.45. The predicted molar refractivity (Wildman–Crippen MR) is 33.7 cm³/mol. The van der Waals surface area contributed by atoms with Crippen LogP contribution in [-0.4, -0.2) is 44.5 Å². The van der Waals surface area contributed by atoms with Gasteiger partial charge in [0.15, 0.2) is 5.76 Å². The number of hydrogen-bond acceptors (Lipinski definition) is 5. The molecule has 0 bridgehead atoms. The molecular formula is C6H8O5. The van der Waals surface area contributed by atoms with Crippen LogP contribution in [-0.2, 0) is 4.79 Å². The molecule has 5 heteroatoms. The Hall–Kier alpha value is -0.910. The molecule has 0 aromatic heterocycles. The monoisotopic (exact) mass is 160 g/mol. The average Bonchev–Trinajstić information content (AvgIpc) is 1.97. The summed E-state index contributed by atoms with van der Waals surface area (Å²) in [4.78, 5) is 10.6. The van der Waals surface area contributed by atoms with Crippen LogP contribution in [0.15, 0.2) is 11.8 Å². The number of ketones is 1. The van der Waals surface area contributed by atoms with Crippen molar-refractivity contribution in [3.8, 4) is 0 Å². The van der Waals surface area contributed by atoms with Gasteiger partial charge in [-0.2, -0.15) is 0 Å². The number of hydrogen-bond donors (Lipinski definition) is 4. The van der Waals surface area contributed by atoms with Crippen LogP contribution in [0.5, 0.6) is 0 Å². The fourth-order valence-corrected chi connectivity index (χ4v) is 0.836. The van der Waals surface area contributed by atoms with Crippen molar-refractivity contribution in [3.63, 3.8) is 0 Å². The number of carbonyl (C=O) groups excluding carboxylic acids is 1. The van der Waals surface area contributed by atoms with E-state index in [2.05, 4.69) is 0 Å². The lowest BCUT2D eigenvalue weighted by atomic mass is 9.96. The second-order valence-electron chi connectivity index (χ2n) is 2.34. The minimum Gasteiger partial charge on any atom is -0.504 e. The molecule has 11 heavy (non-hydrogen) atoms. The van der Waals surface area contributed by atoms with Gasteiger partial charge in [-0.25, -0.2) is 0 Å². The van der Waals surface area contributed by atoms with E-state index in [0.717, 1.165) is 6.08 Å². The molecule has 0 amide bonds. The first-order valence-corrected chi connectivity index (χ1v) is 3.03. The zero-order valence-corrected chi connectivity index (χ0v) is 5.51. The Balaban J connectivity index is 2.92. The van der Waals surface area contributed by atoms with Crippen LogP contribution >= 0.6 is 0 Å². The lowest BCUT2D eigenvalue weighted by Gasteiger charge is -2.23. The van der Waals surface area contributed by atoms with E-state index in [4.69, 9.17) is 20.4 Å². The molecule has 0 radical (unpaired) electrons. The highest BCUT2D eigenvalue weighted by Gasteiger charge is 2.36. The summed E-state index contributed by atoms with van der Waals surface area (Å²) in [5.41, 5.74) is 0. The zero-order chi connectivity index (χ0) is 8.59. The van der Waals surface area contributed by atoms with E-state index < -0.39 is 29.9 Å². The van der Waals surface area contributed by atoms with Gasteiger partial charge in [0.25, 0.3) is 0 Å². The molecule has 0 aromatic carbocycles. The summed E-state index contributed by atoms with van der Waals surface area (Å²) < 4.78 is 0.